The zero-order valence-electron chi connectivity index (χ0n) is 21.0. The van der Waals surface area contributed by atoms with Gasteiger partial charge in [0.15, 0.2) is 5.82 Å². The van der Waals surface area contributed by atoms with Gasteiger partial charge < -0.3 is 4.98 Å². The van der Waals surface area contributed by atoms with E-state index in [1.165, 1.54) is 36.8 Å². The van der Waals surface area contributed by atoms with Crippen LogP contribution in [-0.2, 0) is 6.54 Å². The molecule has 7 heteroatoms. The predicted octanol–water partition coefficient (Wildman–Crippen LogP) is 5.39. The highest BCUT2D eigenvalue weighted by Gasteiger charge is 2.36. The first-order valence-electron chi connectivity index (χ1n) is 13.1. The van der Waals surface area contributed by atoms with Crippen LogP contribution in [0.15, 0.2) is 23.0 Å². The molecule has 182 valence electrons. The lowest BCUT2D eigenvalue weighted by atomic mass is 9.97. The standard InChI is InChI=1S/C27H38N6O/c1-17(2)25(26-29-30-31-33(26)22-11-7-8-12-22)32(21-9-5-6-10-21)16-20-15-23-19(4)13-18(3)14-24(23)28-27(20)34/h13-15,17,21-22,25H,5-12,16H2,1-4H3,(H,28,34)/t25-/m0/s1. The maximum Gasteiger partial charge on any atom is 0.252 e. The Bertz CT molecular complexity index is 1200. The number of aryl methyl sites for hydroxylation is 2. The Labute approximate surface area is 201 Å². The van der Waals surface area contributed by atoms with Gasteiger partial charge in [-0.05, 0) is 79.1 Å². The van der Waals surface area contributed by atoms with Crippen LogP contribution in [0, 0.1) is 19.8 Å². The minimum Gasteiger partial charge on any atom is -0.322 e. The number of H-pyrrole nitrogens is 1. The zero-order valence-corrected chi connectivity index (χ0v) is 21.0. The monoisotopic (exact) mass is 462 g/mol. The summed E-state index contributed by atoms with van der Waals surface area (Å²) in [6.45, 7) is 9.33. The molecule has 1 atom stereocenters. The second kappa shape index (κ2) is 9.61. The van der Waals surface area contributed by atoms with E-state index in [0.29, 0.717) is 24.5 Å². The smallest absolute Gasteiger partial charge is 0.252 e. The lowest BCUT2D eigenvalue weighted by Crippen LogP contribution is -2.41. The summed E-state index contributed by atoms with van der Waals surface area (Å²) in [6, 6.07) is 7.28. The molecular formula is C27H38N6O. The van der Waals surface area contributed by atoms with Gasteiger partial charge in [0.1, 0.15) is 0 Å². The number of rotatable bonds is 7. The van der Waals surface area contributed by atoms with Crippen LogP contribution in [0.2, 0.25) is 0 Å². The Morgan fingerprint density at radius 2 is 1.76 bits per heavy atom. The zero-order chi connectivity index (χ0) is 23.8. The third-order valence-corrected chi connectivity index (χ3v) is 7.98. The molecule has 34 heavy (non-hydrogen) atoms. The third-order valence-electron chi connectivity index (χ3n) is 7.98. The molecule has 5 rings (SSSR count). The van der Waals surface area contributed by atoms with Crippen molar-refractivity contribution in [3.05, 3.63) is 51.1 Å². The Balaban J connectivity index is 1.56. The molecule has 0 saturated heterocycles. The van der Waals surface area contributed by atoms with Crippen molar-refractivity contribution in [3.63, 3.8) is 0 Å². The molecule has 0 amide bonds. The van der Waals surface area contributed by atoms with Crippen molar-refractivity contribution in [2.45, 2.75) is 104 Å². The van der Waals surface area contributed by atoms with Gasteiger partial charge in [-0.3, -0.25) is 9.69 Å². The molecule has 2 saturated carbocycles. The van der Waals surface area contributed by atoms with Crippen LogP contribution in [0.3, 0.4) is 0 Å². The molecule has 2 heterocycles. The number of hydrogen-bond donors (Lipinski definition) is 1. The van der Waals surface area contributed by atoms with Crippen molar-refractivity contribution < 1.29 is 0 Å². The largest absolute Gasteiger partial charge is 0.322 e. The summed E-state index contributed by atoms with van der Waals surface area (Å²) < 4.78 is 2.11. The van der Waals surface area contributed by atoms with E-state index in [9.17, 15) is 4.79 Å². The minimum absolute atomic E-state index is 0.0124. The van der Waals surface area contributed by atoms with E-state index < -0.39 is 0 Å². The van der Waals surface area contributed by atoms with E-state index in [-0.39, 0.29) is 11.6 Å². The molecular weight excluding hydrogens is 424 g/mol. The number of benzene rings is 1. The van der Waals surface area contributed by atoms with Gasteiger partial charge in [-0.15, -0.1) is 5.10 Å². The van der Waals surface area contributed by atoms with Crippen LogP contribution in [0.4, 0.5) is 0 Å². The van der Waals surface area contributed by atoms with E-state index in [1.54, 1.807) is 0 Å². The third kappa shape index (κ3) is 4.42. The number of aromatic amines is 1. The second-order valence-electron chi connectivity index (χ2n) is 10.9. The molecule has 0 unspecified atom stereocenters. The predicted molar refractivity (Wildman–Crippen MR) is 135 cm³/mol. The molecule has 1 N–H and O–H groups in total. The molecule has 0 aliphatic heterocycles. The van der Waals surface area contributed by atoms with Gasteiger partial charge >= 0.3 is 0 Å². The van der Waals surface area contributed by atoms with Gasteiger partial charge in [0.25, 0.3) is 5.56 Å². The van der Waals surface area contributed by atoms with Crippen LogP contribution < -0.4 is 5.56 Å². The van der Waals surface area contributed by atoms with Gasteiger partial charge in [-0.1, -0.05) is 45.6 Å². The normalized spacial score (nSPS) is 18.6. The summed E-state index contributed by atoms with van der Waals surface area (Å²) in [7, 11) is 0. The molecule has 0 bridgehead atoms. The number of nitrogens with one attached hydrogen (secondary N) is 1. The van der Waals surface area contributed by atoms with Crippen LogP contribution in [0.1, 0.15) is 99.8 Å². The van der Waals surface area contributed by atoms with Gasteiger partial charge in [-0.2, -0.15) is 0 Å². The van der Waals surface area contributed by atoms with Crippen molar-refractivity contribution in [1.29, 1.82) is 0 Å². The van der Waals surface area contributed by atoms with Crippen LogP contribution >= 0.6 is 0 Å². The number of pyridine rings is 1. The number of aromatic nitrogens is 5. The van der Waals surface area contributed by atoms with E-state index >= 15 is 0 Å². The van der Waals surface area contributed by atoms with E-state index in [4.69, 9.17) is 0 Å². The summed E-state index contributed by atoms with van der Waals surface area (Å²) in [6.07, 6.45) is 9.60. The summed E-state index contributed by atoms with van der Waals surface area (Å²) in [5.74, 6) is 1.30. The summed E-state index contributed by atoms with van der Waals surface area (Å²) in [5, 5.41) is 14.3. The molecule has 2 fully saturated rings. The molecule has 1 aromatic carbocycles. The van der Waals surface area contributed by atoms with E-state index in [0.717, 1.165) is 48.0 Å². The summed E-state index contributed by atoms with van der Waals surface area (Å²) in [5.41, 5.74) is 4.13. The average molecular weight is 463 g/mol. The molecule has 0 radical (unpaired) electrons. The fraction of sp³-hybridized carbons (Fsp3) is 0.630. The first-order chi connectivity index (χ1) is 16.4. The van der Waals surface area contributed by atoms with Crippen LogP contribution in [0.25, 0.3) is 10.9 Å². The molecule has 2 aromatic heterocycles. The molecule has 2 aliphatic carbocycles. The summed E-state index contributed by atoms with van der Waals surface area (Å²) >= 11 is 0. The lowest BCUT2D eigenvalue weighted by Gasteiger charge is -2.38. The summed E-state index contributed by atoms with van der Waals surface area (Å²) in [4.78, 5) is 19.0. The SMILES string of the molecule is Cc1cc(C)c2cc(CN(C3CCCC3)[C@H](c3nnnn3C3CCCC3)C(C)C)c(=O)[nH]c2c1. The topological polar surface area (TPSA) is 79.7 Å². The van der Waals surface area contributed by atoms with Crippen molar-refractivity contribution in [1.82, 2.24) is 30.1 Å². The van der Waals surface area contributed by atoms with Crippen LogP contribution in [-0.4, -0.2) is 36.1 Å². The van der Waals surface area contributed by atoms with Crippen molar-refractivity contribution >= 4 is 10.9 Å². The molecule has 0 spiro atoms. The lowest BCUT2D eigenvalue weighted by molar-refractivity contribution is 0.0826. The number of hydrogen-bond acceptors (Lipinski definition) is 5. The van der Waals surface area contributed by atoms with Crippen LogP contribution in [0.5, 0.6) is 0 Å². The maximum absolute atomic E-state index is 13.2. The molecule has 3 aromatic rings. The van der Waals surface area contributed by atoms with E-state index in [1.807, 2.05) is 0 Å². The number of fused-ring (bicyclic) bond motifs is 1. The van der Waals surface area contributed by atoms with Crippen molar-refractivity contribution in [2.24, 2.45) is 5.92 Å². The highest BCUT2D eigenvalue weighted by Crippen LogP contribution is 2.38. The first-order valence-corrected chi connectivity index (χ1v) is 13.1. The average Bonchev–Trinajstić information content (AvgIpc) is 3.56. The highest BCUT2D eigenvalue weighted by molar-refractivity contribution is 5.83. The second-order valence-corrected chi connectivity index (χ2v) is 10.9. The Morgan fingerprint density at radius 3 is 2.47 bits per heavy atom. The van der Waals surface area contributed by atoms with Gasteiger partial charge in [0.05, 0.1) is 12.1 Å². The number of tetrazole rings is 1. The first kappa shape index (κ1) is 23.2. The fourth-order valence-electron chi connectivity index (χ4n) is 6.35. The Hall–Kier alpha value is -2.54. The molecule has 7 nitrogen and oxygen atoms in total. The highest BCUT2D eigenvalue weighted by atomic mass is 16.1. The molecule has 2 aliphatic rings. The Morgan fingerprint density at radius 1 is 1.06 bits per heavy atom. The van der Waals surface area contributed by atoms with Crippen molar-refractivity contribution in [3.8, 4) is 0 Å². The van der Waals surface area contributed by atoms with Crippen molar-refractivity contribution in [2.75, 3.05) is 0 Å². The maximum atomic E-state index is 13.2. The number of nitrogens with zero attached hydrogens (tertiary/aromatic N) is 5. The van der Waals surface area contributed by atoms with Gasteiger partial charge in [-0.25, -0.2) is 4.68 Å². The van der Waals surface area contributed by atoms with Gasteiger partial charge in [0, 0.05) is 29.1 Å². The quantitative estimate of drug-likeness (QED) is 0.509. The fourth-order valence-corrected chi connectivity index (χ4v) is 6.35. The Kier molecular flexibility index (Phi) is 6.56. The van der Waals surface area contributed by atoms with E-state index in [2.05, 4.69) is 76.0 Å². The van der Waals surface area contributed by atoms with Gasteiger partial charge in [0.2, 0.25) is 0 Å². The minimum atomic E-state index is 0.0124.